The predicted molar refractivity (Wildman–Crippen MR) is 34.4 cm³/mol. The Morgan fingerprint density at radius 2 is 2.33 bits per heavy atom. The maximum Gasteiger partial charge on any atom is 0.320 e. The van der Waals surface area contributed by atoms with E-state index in [1.165, 1.54) is 0 Å². The molecule has 1 aliphatic heterocycles. The third kappa shape index (κ3) is 2.67. The fourth-order valence-electron chi connectivity index (χ4n) is 0.895. The van der Waals surface area contributed by atoms with E-state index in [4.69, 9.17) is 5.11 Å². The molecule has 0 aromatic rings. The third-order valence-corrected chi connectivity index (χ3v) is 1.36. The van der Waals surface area contributed by atoms with Gasteiger partial charge >= 0.3 is 5.97 Å². The van der Waals surface area contributed by atoms with Crippen LogP contribution >= 0.6 is 0 Å². The topological polar surface area (TPSA) is 49.3 Å². The fraction of sp³-hybridized carbons (Fsp3) is 0.800. The molecule has 3 nitrogen and oxygen atoms in total. The molecule has 0 aromatic heterocycles. The van der Waals surface area contributed by atoms with Crippen molar-refractivity contribution < 1.29 is 9.90 Å². The van der Waals surface area contributed by atoms with Crippen LogP contribution < -0.4 is 5.32 Å². The number of hydrogen-bond donors (Lipinski definition) is 2. The Morgan fingerprint density at radius 3 is 2.56 bits per heavy atom. The molecule has 9 heavy (non-hydrogen) atoms. The molecule has 0 amide bonds. The van der Waals surface area contributed by atoms with Crippen LogP contribution in [0.3, 0.4) is 0 Å². The van der Waals surface area contributed by atoms with Crippen LogP contribution in [0.4, 0.5) is 0 Å². The van der Waals surface area contributed by atoms with Gasteiger partial charge in [-0.3, -0.25) is 4.79 Å². The van der Waals surface area contributed by atoms with Crippen molar-refractivity contribution in [2.75, 3.05) is 6.54 Å². The summed E-state index contributed by atoms with van der Waals surface area (Å²) in [4.78, 5) is 10.1. The molecule has 1 saturated heterocycles. The molecule has 0 spiro atoms. The number of nitrogens with one attached hydrogen (secondary N) is 1. The van der Waals surface area contributed by atoms with Gasteiger partial charge < -0.3 is 10.4 Å². The molecular formula is C5H9NNaO2. The molecule has 4 heteroatoms. The van der Waals surface area contributed by atoms with Crippen molar-refractivity contribution in [1.29, 1.82) is 0 Å². The average Bonchev–Trinajstić information content (AvgIpc) is 2.12. The molecule has 0 bridgehead atoms. The minimum atomic E-state index is -0.720. The first-order valence-corrected chi connectivity index (χ1v) is 2.77. The van der Waals surface area contributed by atoms with E-state index in [0.717, 1.165) is 19.4 Å². The number of carboxylic acid groups (broad SMARTS) is 1. The standard InChI is InChI=1S/C5H9NO2.Na/c7-5(8)4-2-1-3-6-4;/h4,6H,1-3H2,(H,7,8);. The molecular weight excluding hydrogens is 129 g/mol. The molecule has 0 aromatic carbocycles. The van der Waals surface area contributed by atoms with E-state index in [1.807, 2.05) is 0 Å². The minimum Gasteiger partial charge on any atom is -0.480 e. The summed E-state index contributed by atoms with van der Waals surface area (Å²) in [5.41, 5.74) is 0. The molecule has 1 rings (SSSR count). The summed E-state index contributed by atoms with van der Waals surface area (Å²) in [7, 11) is 0. The van der Waals surface area contributed by atoms with Crippen molar-refractivity contribution in [2.24, 2.45) is 0 Å². The van der Waals surface area contributed by atoms with E-state index >= 15 is 0 Å². The average molecular weight is 138 g/mol. The SMILES string of the molecule is O=C(O)C1CCCN1.[Na]. The molecule has 1 fully saturated rings. The van der Waals surface area contributed by atoms with Gasteiger partial charge in [0.25, 0.3) is 0 Å². The van der Waals surface area contributed by atoms with Gasteiger partial charge in [-0.25, -0.2) is 0 Å². The van der Waals surface area contributed by atoms with Gasteiger partial charge in [0.2, 0.25) is 0 Å². The Morgan fingerprint density at radius 1 is 1.67 bits per heavy atom. The second-order valence-corrected chi connectivity index (χ2v) is 1.99. The maximum absolute atomic E-state index is 10.1. The van der Waals surface area contributed by atoms with Crippen molar-refractivity contribution in [3.63, 3.8) is 0 Å². The van der Waals surface area contributed by atoms with Crippen molar-refractivity contribution in [3.8, 4) is 0 Å². The minimum absolute atomic E-state index is 0. The molecule has 1 aliphatic rings. The fourth-order valence-corrected chi connectivity index (χ4v) is 0.895. The van der Waals surface area contributed by atoms with Gasteiger partial charge in [0, 0.05) is 29.6 Å². The van der Waals surface area contributed by atoms with E-state index in [0.29, 0.717) is 0 Å². The maximum atomic E-state index is 10.1. The van der Waals surface area contributed by atoms with E-state index in [1.54, 1.807) is 0 Å². The van der Waals surface area contributed by atoms with Crippen molar-refractivity contribution in [3.05, 3.63) is 0 Å². The molecule has 1 radical (unpaired) electrons. The van der Waals surface area contributed by atoms with Crippen LogP contribution in [0.25, 0.3) is 0 Å². The zero-order valence-corrected chi connectivity index (χ0v) is 7.55. The molecule has 1 unspecified atom stereocenters. The smallest absolute Gasteiger partial charge is 0.320 e. The largest absolute Gasteiger partial charge is 0.480 e. The second-order valence-electron chi connectivity index (χ2n) is 1.99. The summed E-state index contributed by atoms with van der Waals surface area (Å²) >= 11 is 0. The summed E-state index contributed by atoms with van der Waals surface area (Å²) in [5, 5.41) is 11.2. The summed E-state index contributed by atoms with van der Waals surface area (Å²) in [6, 6.07) is -0.269. The summed E-state index contributed by atoms with van der Waals surface area (Å²) in [6.45, 7) is 0.858. The Labute approximate surface area is 76.1 Å². The summed E-state index contributed by atoms with van der Waals surface area (Å²) in [5.74, 6) is -0.720. The molecule has 1 atom stereocenters. The first-order chi connectivity index (χ1) is 3.80. The van der Waals surface area contributed by atoms with Gasteiger partial charge in [-0.05, 0) is 19.4 Å². The van der Waals surface area contributed by atoms with Crippen molar-refractivity contribution in [1.82, 2.24) is 5.32 Å². The molecule has 0 aliphatic carbocycles. The van der Waals surface area contributed by atoms with E-state index in [-0.39, 0.29) is 35.6 Å². The summed E-state index contributed by atoms with van der Waals surface area (Å²) in [6.07, 6.45) is 1.78. The Kier molecular flexibility index (Phi) is 4.48. The zero-order valence-electron chi connectivity index (χ0n) is 5.55. The van der Waals surface area contributed by atoms with Gasteiger partial charge in [0.05, 0.1) is 0 Å². The molecule has 2 N–H and O–H groups in total. The Balaban J connectivity index is 0.000000640. The van der Waals surface area contributed by atoms with Gasteiger partial charge in [-0.2, -0.15) is 0 Å². The first kappa shape index (κ1) is 9.43. The van der Waals surface area contributed by atoms with Gasteiger partial charge in [0.1, 0.15) is 6.04 Å². The zero-order chi connectivity index (χ0) is 5.98. The Hall–Kier alpha value is 0.430. The van der Waals surface area contributed by atoms with Crippen LogP contribution in [-0.2, 0) is 4.79 Å². The van der Waals surface area contributed by atoms with Gasteiger partial charge in [-0.15, -0.1) is 0 Å². The van der Waals surface area contributed by atoms with Crippen molar-refractivity contribution >= 4 is 35.5 Å². The van der Waals surface area contributed by atoms with E-state index in [2.05, 4.69) is 5.32 Å². The molecule has 47 valence electrons. The number of aliphatic carboxylic acids is 1. The predicted octanol–water partition coefficient (Wildman–Crippen LogP) is -0.558. The van der Waals surface area contributed by atoms with Gasteiger partial charge in [0.15, 0.2) is 0 Å². The quantitative estimate of drug-likeness (QED) is 0.477. The van der Waals surface area contributed by atoms with Crippen LogP contribution in [0.1, 0.15) is 12.8 Å². The number of carbonyl (C=O) groups is 1. The number of hydrogen-bond acceptors (Lipinski definition) is 2. The third-order valence-electron chi connectivity index (χ3n) is 1.36. The van der Waals surface area contributed by atoms with Crippen LogP contribution in [0.15, 0.2) is 0 Å². The van der Waals surface area contributed by atoms with Crippen LogP contribution in [0.5, 0.6) is 0 Å². The van der Waals surface area contributed by atoms with Crippen molar-refractivity contribution in [2.45, 2.75) is 18.9 Å². The number of rotatable bonds is 1. The summed E-state index contributed by atoms with van der Waals surface area (Å²) < 4.78 is 0. The van der Waals surface area contributed by atoms with E-state index < -0.39 is 5.97 Å². The van der Waals surface area contributed by atoms with Crippen LogP contribution in [0.2, 0.25) is 0 Å². The van der Waals surface area contributed by atoms with E-state index in [9.17, 15) is 4.79 Å². The number of carboxylic acids is 1. The molecule has 0 saturated carbocycles. The first-order valence-electron chi connectivity index (χ1n) is 2.77. The Bertz CT molecular complexity index is 101. The normalized spacial score (nSPS) is 25.1. The van der Waals surface area contributed by atoms with Crippen LogP contribution in [0, 0.1) is 0 Å². The van der Waals surface area contributed by atoms with Crippen LogP contribution in [-0.4, -0.2) is 53.2 Å². The van der Waals surface area contributed by atoms with Gasteiger partial charge in [-0.1, -0.05) is 0 Å². The second kappa shape index (κ2) is 4.28. The molecule has 1 heterocycles. The monoisotopic (exact) mass is 138 g/mol.